The van der Waals surface area contributed by atoms with Gasteiger partial charge in [-0.1, -0.05) is 0 Å². The van der Waals surface area contributed by atoms with Crippen LogP contribution in [0.1, 0.15) is 13.3 Å². The van der Waals surface area contributed by atoms with E-state index < -0.39 is 11.7 Å². The molecule has 3 heteroatoms. The van der Waals surface area contributed by atoms with Crippen molar-refractivity contribution >= 4 is 0 Å². The van der Waals surface area contributed by atoms with E-state index in [9.17, 15) is 4.39 Å². The van der Waals surface area contributed by atoms with E-state index in [0.717, 1.165) is 6.54 Å². The molecule has 0 spiro atoms. The fourth-order valence-corrected chi connectivity index (χ4v) is 1.33. The van der Waals surface area contributed by atoms with Gasteiger partial charge < -0.3 is 5.11 Å². The number of aliphatic hydroxyl groups is 1. The van der Waals surface area contributed by atoms with Gasteiger partial charge in [0.2, 0.25) is 0 Å². The lowest BCUT2D eigenvalue weighted by Gasteiger charge is -2.31. The lowest BCUT2D eigenvalue weighted by molar-refractivity contribution is 0.0508. The number of nitrogens with zero attached hydrogens (tertiary/aromatic N) is 1. The maximum absolute atomic E-state index is 13.0. The van der Waals surface area contributed by atoms with Crippen LogP contribution in [0.5, 0.6) is 0 Å². The number of aliphatic hydroxyl groups excluding tert-OH is 1. The predicted molar refractivity (Wildman–Crippen MR) is 37.6 cm³/mol. The summed E-state index contributed by atoms with van der Waals surface area (Å²) in [5.41, 5.74) is -0.625. The van der Waals surface area contributed by atoms with Crippen LogP contribution in [-0.4, -0.2) is 41.9 Å². The monoisotopic (exact) mass is 147 g/mol. The van der Waals surface area contributed by atoms with Gasteiger partial charge in [-0.25, -0.2) is 4.39 Å². The van der Waals surface area contributed by atoms with Crippen molar-refractivity contribution in [1.29, 1.82) is 0 Å². The van der Waals surface area contributed by atoms with E-state index in [1.54, 1.807) is 6.92 Å². The average molecular weight is 147 g/mol. The molecule has 1 rings (SSSR count). The first kappa shape index (κ1) is 7.95. The molecule has 60 valence electrons. The summed E-state index contributed by atoms with van der Waals surface area (Å²) in [5.74, 6) is 0. The van der Waals surface area contributed by atoms with Crippen LogP contribution in [0.25, 0.3) is 0 Å². The molecule has 0 aromatic heterocycles. The molecule has 10 heavy (non-hydrogen) atoms. The highest BCUT2D eigenvalue weighted by Gasteiger charge is 2.42. The topological polar surface area (TPSA) is 23.5 Å². The Morgan fingerprint density at radius 3 is 2.60 bits per heavy atom. The van der Waals surface area contributed by atoms with E-state index in [2.05, 4.69) is 0 Å². The SMILES string of the molecule is CN1CC[C@@H](F)[C@]1(C)CO. The molecule has 0 unspecified atom stereocenters. The first-order chi connectivity index (χ1) is 4.61. The molecule has 2 atom stereocenters. The van der Waals surface area contributed by atoms with Gasteiger partial charge in [0.1, 0.15) is 6.17 Å². The maximum Gasteiger partial charge on any atom is 0.122 e. The molecule has 1 saturated heterocycles. The average Bonchev–Trinajstić information content (AvgIpc) is 2.18. The third-order valence-corrected chi connectivity index (χ3v) is 2.58. The van der Waals surface area contributed by atoms with E-state index in [0.29, 0.717) is 6.42 Å². The molecule has 0 bridgehead atoms. The van der Waals surface area contributed by atoms with Crippen LogP contribution in [0.3, 0.4) is 0 Å². The molecule has 0 aromatic carbocycles. The summed E-state index contributed by atoms with van der Waals surface area (Å²) in [6.45, 7) is 2.41. The minimum absolute atomic E-state index is 0.0926. The fraction of sp³-hybridized carbons (Fsp3) is 1.00. The number of alkyl halides is 1. The van der Waals surface area contributed by atoms with Crippen molar-refractivity contribution in [2.24, 2.45) is 0 Å². The molecule has 0 amide bonds. The van der Waals surface area contributed by atoms with E-state index in [1.165, 1.54) is 0 Å². The Labute approximate surface area is 60.6 Å². The molecule has 1 heterocycles. The van der Waals surface area contributed by atoms with Crippen molar-refractivity contribution in [3.05, 3.63) is 0 Å². The molecule has 0 aliphatic carbocycles. The van der Waals surface area contributed by atoms with E-state index in [-0.39, 0.29) is 6.61 Å². The Balaban J connectivity index is 2.70. The van der Waals surface area contributed by atoms with E-state index >= 15 is 0 Å². The summed E-state index contributed by atoms with van der Waals surface area (Å²) in [4.78, 5) is 1.87. The van der Waals surface area contributed by atoms with Gasteiger partial charge in [0.25, 0.3) is 0 Å². The van der Waals surface area contributed by atoms with Crippen LogP contribution in [-0.2, 0) is 0 Å². The normalized spacial score (nSPS) is 42.6. The highest BCUT2D eigenvalue weighted by molar-refractivity contribution is 4.97. The minimum atomic E-state index is -0.873. The summed E-state index contributed by atoms with van der Waals surface area (Å²) in [6, 6.07) is 0. The van der Waals surface area contributed by atoms with Gasteiger partial charge >= 0.3 is 0 Å². The molecule has 0 aromatic rings. The number of hydrogen-bond acceptors (Lipinski definition) is 2. The van der Waals surface area contributed by atoms with Gasteiger partial charge in [-0.15, -0.1) is 0 Å². The first-order valence-corrected chi connectivity index (χ1v) is 3.57. The van der Waals surface area contributed by atoms with Crippen molar-refractivity contribution in [3.8, 4) is 0 Å². The zero-order valence-electron chi connectivity index (χ0n) is 6.47. The molecule has 0 saturated carbocycles. The third kappa shape index (κ3) is 0.935. The van der Waals surface area contributed by atoms with Crippen LogP contribution in [0.4, 0.5) is 4.39 Å². The number of hydrogen-bond donors (Lipinski definition) is 1. The van der Waals surface area contributed by atoms with Crippen LogP contribution in [0.2, 0.25) is 0 Å². The smallest absolute Gasteiger partial charge is 0.122 e. The molecule has 1 N–H and O–H groups in total. The fourth-order valence-electron chi connectivity index (χ4n) is 1.33. The lowest BCUT2D eigenvalue weighted by Crippen LogP contribution is -2.47. The molecule has 1 fully saturated rings. The van der Waals surface area contributed by atoms with Gasteiger partial charge in [-0.3, -0.25) is 4.90 Å². The Morgan fingerprint density at radius 1 is 1.80 bits per heavy atom. The molecule has 1 aliphatic rings. The number of rotatable bonds is 1. The van der Waals surface area contributed by atoms with Crippen molar-refractivity contribution < 1.29 is 9.50 Å². The summed E-state index contributed by atoms with van der Waals surface area (Å²) in [5, 5.41) is 8.88. The van der Waals surface area contributed by atoms with Crippen LogP contribution >= 0.6 is 0 Å². The van der Waals surface area contributed by atoms with Gasteiger partial charge in [0, 0.05) is 6.54 Å². The molecular formula is C7H14FNO. The second-order valence-electron chi connectivity index (χ2n) is 3.19. The Kier molecular flexibility index (Phi) is 1.97. The maximum atomic E-state index is 13.0. The first-order valence-electron chi connectivity index (χ1n) is 3.57. The Hall–Kier alpha value is -0.150. The van der Waals surface area contributed by atoms with Gasteiger partial charge in [0.05, 0.1) is 12.1 Å². The highest BCUT2D eigenvalue weighted by Crippen LogP contribution is 2.29. The minimum Gasteiger partial charge on any atom is -0.394 e. The van der Waals surface area contributed by atoms with Crippen molar-refractivity contribution in [3.63, 3.8) is 0 Å². The van der Waals surface area contributed by atoms with Crippen LogP contribution in [0.15, 0.2) is 0 Å². The lowest BCUT2D eigenvalue weighted by atomic mass is 9.99. The summed E-state index contributed by atoms with van der Waals surface area (Å²) >= 11 is 0. The predicted octanol–water partition coefficient (Wildman–Crippen LogP) is 0.411. The molecular weight excluding hydrogens is 133 g/mol. The standard InChI is InChI=1S/C7H14FNO/c1-7(5-10)6(8)3-4-9(7)2/h6,10H,3-5H2,1-2H3/t6-,7+/m1/s1. The number of halogens is 1. The zero-order valence-corrected chi connectivity index (χ0v) is 6.47. The van der Waals surface area contributed by atoms with Crippen molar-refractivity contribution in [2.75, 3.05) is 20.2 Å². The summed E-state index contributed by atoms with van der Waals surface area (Å²) in [7, 11) is 1.84. The number of likely N-dealkylation sites (N-methyl/N-ethyl adjacent to an activating group) is 1. The zero-order chi connectivity index (χ0) is 7.78. The highest BCUT2D eigenvalue weighted by atomic mass is 19.1. The van der Waals surface area contributed by atoms with Crippen molar-refractivity contribution in [2.45, 2.75) is 25.1 Å². The van der Waals surface area contributed by atoms with E-state index in [4.69, 9.17) is 5.11 Å². The Bertz CT molecular complexity index is 119. The van der Waals surface area contributed by atoms with Crippen molar-refractivity contribution in [1.82, 2.24) is 4.90 Å². The summed E-state index contributed by atoms with van der Waals surface area (Å²) < 4.78 is 13.0. The Morgan fingerprint density at radius 2 is 2.40 bits per heavy atom. The largest absolute Gasteiger partial charge is 0.394 e. The summed E-state index contributed by atoms with van der Waals surface area (Å²) in [6.07, 6.45) is -0.324. The number of likely N-dealkylation sites (tertiary alicyclic amines) is 1. The molecule has 2 nitrogen and oxygen atoms in total. The van der Waals surface area contributed by atoms with Gasteiger partial charge in [-0.2, -0.15) is 0 Å². The second kappa shape index (κ2) is 2.47. The second-order valence-corrected chi connectivity index (χ2v) is 3.19. The van der Waals surface area contributed by atoms with Gasteiger partial charge in [-0.05, 0) is 20.4 Å². The molecule has 1 aliphatic heterocycles. The van der Waals surface area contributed by atoms with Crippen LogP contribution < -0.4 is 0 Å². The quantitative estimate of drug-likeness (QED) is 0.580. The van der Waals surface area contributed by atoms with E-state index in [1.807, 2.05) is 11.9 Å². The van der Waals surface area contributed by atoms with Crippen LogP contribution in [0, 0.1) is 0 Å². The van der Waals surface area contributed by atoms with Gasteiger partial charge in [0.15, 0.2) is 0 Å². The molecule has 0 radical (unpaired) electrons. The third-order valence-electron chi connectivity index (χ3n) is 2.58.